The molecule has 1 aliphatic carbocycles. The summed E-state index contributed by atoms with van der Waals surface area (Å²) in [6, 6.07) is 15.2. The van der Waals surface area contributed by atoms with Crippen molar-refractivity contribution in [1.29, 1.82) is 0 Å². The van der Waals surface area contributed by atoms with Gasteiger partial charge >= 0.3 is 6.09 Å². The van der Waals surface area contributed by atoms with Gasteiger partial charge < -0.3 is 20.3 Å². The Morgan fingerprint density at radius 2 is 1.58 bits per heavy atom. The minimum atomic E-state index is -0.842. The lowest BCUT2D eigenvalue weighted by Crippen LogP contribution is -2.58. The number of nitrogens with one attached hydrogen (secondary N) is 2. The molecule has 1 aliphatic rings. The van der Waals surface area contributed by atoms with E-state index in [0.29, 0.717) is 5.69 Å². The Balaban J connectivity index is 1.98. The lowest BCUT2D eigenvalue weighted by atomic mass is 9.87. The lowest BCUT2D eigenvalue weighted by molar-refractivity contribution is -0.146. The third kappa shape index (κ3) is 6.86. The van der Waals surface area contributed by atoms with Gasteiger partial charge in [-0.2, -0.15) is 0 Å². The lowest BCUT2D eigenvalue weighted by Gasteiger charge is -2.44. The molecular weight excluding hydrogens is 454 g/mol. The van der Waals surface area contributed by atoms with Crippen LogP contribution in [0.15, 0.2) is 54.6 Å². The summed E-state index contributed by atoms with van der Waals surface area (Å²) in [6.07, 6.45) is 1.96. The zero-order valence-corrected chi connectivity index (χ0v) is 22.2. The molecule has 2 aromatic carbocycles. The molecule has 7 nitrogen and oxygen atoms in total. The van der Waals surface area contributed by atoms with Crippen LogP contribution >= 0.6 is 0 Å². The molecule has 0 aliphatic heterocycles. The fourth-order valence-corrected chi connectivity index (χ4v) is 4.28. The van der Waals surface area contributed by atoms with Crippen LogP contribution in [-0.4, -0.2) is 40.5 Å². The van der Waals surface area contributed by atoms with E-state index in [2.05, 4.69) is 10.6 Å². The maximum absolute atomic E-state index is 14.1. The molecule has 7 heteroatoms. The minimum Gasteiger partial charge on any atom is -0.444 e. The Morgan fingerprint density at radius 3 is 2.11 bits per heavy atom. The van der Waals surface area contributed by atoms with Gasteiger partial charge in [0.05, 0.1) is 0 Å². The van der Waals surface area contributed by atoms with Crippen LogP contribution in [0, 0.1) is 12.8 Å². The zero-order valence-electron chi connectivity index (χ0n) is 22.2. The van der Waals surface area contributed by atoms with Crippen LogP contribution in [0.25, 0.3) is 0 Å². The number of nitrogens with zero attached hydrogens (tertiary/aromatic N) is 1. The maximum atomic E-state index is 14.1. The number of carbonyl (C=O) groups is 3. The molecule has 2 unspecified atom stereocenters. The van der Waals surface area contributed by atoms with E-state index in [9.17, 15) is 14.4 Å². The predicted octanol–water partition coefficient (Wildman–Crippen LogP) is 5.61. The molecule has 2 atom stereocenters. The molecule has 0 spiro atoms. The first kappa shape index (κ1) is 27.2. The van der Waals surface area contributed by atoms with Gasteiger partial charge in [-0.3, -0.25) is 9.59 Å². The van der Waals surface area contributed by atoms with Crippen molar-refractivity contribution in [3.8, 4) is 0 Å². The van der Waals surface area contributed by atoms with Gasteiger partial charge in [0.25, 0.3) is 5.91 Å². The van der Waals surface area contributed by atoms with E-state index in [1.165, 1.54) is 0 Å². The number of alkyl carbamates (subject to hydrolysis) is 1. The summed E-state index contributed by atoms with van der Waals surface area (Å²) < 4.78 is 5.43. The molecule has 2 aromatic rings. The van der Waals surface area contributed by atoms with Crippen molar-refractivity contribution in [2.24, 2.45) is 5.92 Å². The monoisotopic (exact) mass is 493 g/mol. The van der Waals surface area contributed by atoms with Crippen molar-refractivity contribution >= 4 is 23.6 Å². The molecule has 0 heterocycles. The van der Waals surface area contributed by atoms with Gasteiger partial charge in [-0.05, 0) is 70.1 Å². The number of rotatable bonds is 8. The second-order valence-corrected chi connectivity index (χ2v) is 10.8. The SMILES string of the molecule is Cc1ccccc1NC(=O)C(c1ccccc1)N(C(=O)C(NC(=O)OC(C)(C)C)C(C)C)C1CCC1. The summed E-state index contributed by atoms with van der Waals surface area (Å²) in [5.41, 5.74) is 1.67. The quantitative estimate of drug-likeness (QED) is 0.501. The van der Waals surface area contributed by atoms with Gasteiger partial charge in [0.1, 0.15) is 17.7 Å². The Morgan fingerprint density at radius 1 is 0.972 bits per heavy atom. The highest BCUT2D eigenvalue weighted by atomic mass is 16.6. The number of amides is 3. The second kappa shape index (κ2) is 11.6. The van der Waals surface area contributed by atoms with Crippen LogP contribution in [-0.2, 0) is 14.3 Å². The summed E-state index contributed by atoms with van der Waals surface area (Å²) in [5, 5.41) is 5.82. The molecular formula is C29H39N3O4. The topological polar surface area (TPSA) is 87.7 Å². The van der Waals surface area contributed by atoms with Crippen molar-refractivity contribution in [3.63, 3.8) is 0 Å². The van der Waals surface area contributed by atoms with E-state index >= 15 is 0 Å². The molecule has 3 rings (SSSR count). The van der Waals surface area contributed by atoms with Crippen molar-refractivity contribution in [3.05, 3.63) is 65.7 Å². The van der Waals surface area contributed by atoms with Crippen LogP contribution in [0.5, 0.6) is 0 Å². The first-order valence-corrected chi connectivity index (χ1v) is 12.7. The van der Waals surface area contributed by atoms with E-state index in [-0.39, 0.29) is 23.8 Å². The first-order valence-electron chi connectivity index (χ1n) is 12.7. The van der Waals surface area contributed by atoms with Crippen molar-refractivity contribution in [1.82, 2.24) is 10.2 Å². The Kier molecular flexibility index (Phi) is 8.77. The van der Waals surface area contributed by atoms with E-state index in [4.69, 9.17) is 4.74 Å². The summed E-state index contributed by atoms with van der Waals surface area (Å²) >= 11 is 0. The van der Waals surface area contributed by atoms with Crippen molar-refractivity contribution in [2.45, 2.75) is 84.5 Å². The normalized spacial score (nSPS) is 15.4. The van der Waals surface area contributed by atoms with Gasteiger partial charge in [0, 0.05) is 11.7 Å². The molecule has 1 fully saturated rings. The Hall–Kier alpha value is -3.35. The third-order valence-electron chi connectivity index (χ3n) is 6.37. The molecule has 3 amide bonds. The van der Waals surface area contributed by atoms with Crippen LogP contribution < -0.4 is 10.6 Å². The number of benzene rings is 2. The minimum absolute atomic E-state index is 0.0907. The van der Waals surface area contributed by atoms with E-state index in [0.717, 1.165) is 30.4 Å². The number of hydrogen-bond acceptors (Lipinski definition) is 4. The summed E-state index contributed by atoms with van der Waals surface area (Å²) in [6.45, 7) is 11.0. The highest BCUT2D eigenvalue weighted by Gasteiger charge is 2.42. The molecule has 36 heavy (non-hydrogen) atoms. The predicted molar refractivity (Wildman–Crippen MR) is 141 cm³/mol. The molecule has 0 aromatic heterocycles. The number of hydrogen-bond donors (Lipinski definition) is 2. The smallest absolute Gasteiger partial charge is 0.408 e. The Bertz CT molecular complexity index is 1060. The van der Waals surface area contributed by atoms with Crippen LogP contribution in [0.4, 0.5) is 10.5 Å². The molecule has 194 valence electrons. The molecule has 0 saturated heterocycles. The highest BCUT2D eigenvalue weighted by Crippen LogP contribution is 2.35. The summed E-state index contributed by atoms with van der Waals surface area (Å²) in [4.78, 5) is 42.3. The first-order chi connectivity index (χ1) is 17.0. The van der Waals surface area contributed by atoms with Crippen LogP contribution in [0.2, 0.25) is 0 Å². The molecule has 0 radical (unpaired) electrons. The number of anilines is 1. The maximum Gasteiger partial charge on any atom is 0.408 e. The average Bonchev–Trinajstić information content (AvgIpc) is 2.76. The van der Waals surface area contributed by atoms with Gasteiger partial charge in [0.2, 0.25) is 5.91 Å². The standard InChI is InChI=1S/C29H39N3O4/c1-19(2)24(31-28(35)36-29(4,5)6)27(34)32(22-16-12-17-22)25(21-14-8-7-9-15-21)26(33)30-23-18-11-10-13-20(23)3/h7-11,13-15,18-19,22,24-25H,12,16-17H2,1-6H3,(H,30,33)(H,31,35). The zero-order chi connectivity index (χ0) is 26.5. The van der Waals surface area contributed by atoms with Crippen molar-refractivity contribution < 1.29 is 19.1 Å². The largest absolute Gasteiger partial charge is 0.444 e. The number of aryl methyl sites for hydroxylation is 1. The van der Waals surface area contributed by atoms with Crippen LogP contribution in [0.3, 0.4) is 0 Å². The van der Waals surface area contributed by atoms with Gasteiger partial charge in [-0.15, -0.1) is 0 Å². The number of para-hydroxylation sites is 1. The molecule has 1 saturated carbocycles. The second-order valence-electron chi connectivity index (χ2n) is 10.8. The number of carbonyl (C=O) groups excluding carboxylic acids is 3. The molecule has 2 N–H and O–H groups in total. The average molecular weight is 494 g/mol. The van der Waals surface area contributed by atoms with E-state index in [1.54, 1.807) is 25.7 Å². The third-order valence-corrected chi connectivity index (χ3v) is 6.37. The van der Waals surface area contributed by atoms with E-state index in [1.807, 2.05) is 75.4 Å². The van der Waals surface area contributed by atoms with Gasteiger partial charge in [0.15, 0.2) is 0 Å². The van der Waals surface area contributed by atoms with Crippen LogP contribution in [0.1, 0.15) is 71.0 Å². The van der Waals surface area contributed by atoms with Crippen molar-refractivity contribution in [2.75, 3.05) is 5.32 Å². The number of ether oxygens (including phenoxy) is 1. The van der Waals surface area contributed by atoms with E-state index < -0.39 is 23.8 Å². The highest BCUT2D eigenvalue weighted by molar-refractivity contribution is 5.99. The Labute approximate surface area is 214 Å². The fraction of sp³-hybridized carbons (Fsp3) is 0.483. The molecule has 0 bridgehead atoms. The fourth-order valence-electron chi connectivity index (χ4n) is 4.28. The summed E-state index contributed by atoms with van der Waals surface area (Å²) in [7, 11) is 0. The summed E-state index contributed by atoms with van der Waals surface area (Å²) in [5.74, 6) is -0.770. The van der Waals surface area contributed by atoms with Gasteiger partial charge in [-0.1, -0.05) is 62.4 Å². The van der Waals surface area contributed by atoms with Gasteiger partial charge in [-0.25, -0.2) is 4.79 Å².